The first kappa shape index (κ1) is 9.30. The first-order chi connectivity index (χ1) is 6.58. The zero-order chi connectivity index (χ0) is 10.3. The minimum Gasteiger partial charge on any atom is -0.379 e. The summed E-state index contributed by atoms with van der Waals surface area (Å²) in [6.45, 7) is 0. The van der Waals surface area contributed by atoms with Crippen LogP contribution in [0.1, 0.15) is 0 Å². The second-order valence-electron chi connectivity index (χ2n) is 2.73. The summed E-state index contributed by atoms with van der Waals surface area (Å²) in [7, 11) is 0. The van der Waals surface area contributed by atoms with Crippen LogP contribution in [-0.2, 0) is 0 Å². The molecule has 0 fully saturated rings. The number of hydrogen-bond donors (Lipinski definition) is 2. The summed E-state index contributed by atoms with van der Waals surface area (Å²) in [5.41, 5.74) is 5.93. The van der Waals surface area contributed by atoms with E-state index in [2.05, 4.69) is 9.97 Å². The van der Waals surface area contributed by atoms with E-state index in [4.69, 9.17) is 28.9 Å². The first-order valence-electron chi connectivity index (χ1n) is 3.72. The highest BCUT2D eigenvalue weighted by Gasteiger charge is 2.04. The molecule has 0 spiro atoms. The van der Waals surface area contributed by atoms with E-state index < -0.39 is 5.56 Å². The van der Waals surface area contributed by atoms with E-state index in [1.807, 2.05) is 0 Å². The largest absolute Gasteiger partial charge is 0.379 e. The average Bonchev–Trinajstić information content (AvgIpc) is 2.11. The molecule has 0 aliphatic rings. The van der Waals surface area contributed by atoms with Gasteiger partial charge in [-0.15, -0.1) is 0 Å². The van der Waals surface area contributed by atoms with Crippen LogP contribution >= 0.6 is 23.2 Å². The van der Waals surface area contributed by atoms with E-state index >= 15 is 0 Å². The molecule has 72 valence electrons. The number of benzene rings is 1. The molecule has 0 aliphatic carbocycles. The summed E-state index contributed by atoms with van der Waals surface area (Å²) in [6, 6.07) is 3.08. The minimum absolute atomic E-state index is 0.0871. The van der Waals surface area contributed by atoms with Gasteiger partial charge in [-0.2, -0.15) is 0 Å². The Kier molecular flexibility index (Phi) is 2.09. The second kappa shape index (κ2) is 3.15. The fraction of sp³-hybridized carbons (Fsp3) is 0. The Balaban J connectivity index is 2.90. The molecule has 14 heavy (non-hydrogen) atoms. The molecule has 0 unspecified atom stereocenters. The molecule has 2 rings (SSSR count). The Bertz CT molecular complexity index is 564. The van der Waals surface area contributed by atoms with Crippen LogP contribution in [0.15, 0.2) is 16.9 Å². The van der Waals surface area contributed by atoms with E-state index in [-0.39, 0.29) is 5.82 Å². The summed E-state index contributed by atoms with van der Waals surface area (Å²) in [4.78, 5) is 17.5. The van der Waals surface area contributed by atoms with Crippen LogP contribution < -0.4 is 11.3 Å². The van der Waals surface area contributed by atoms with Crippen molar-refractivity contribution in [3.8, 4) is 0 Å². The van der Waals surface area contributed by atoms with E-state index in [1.165, 1.54) is 6.07 Å². The van der Waals surface area contributed by atoms with Gasteiger partial charge in [0.05, 0.1) is 21.1 Å². The van der Waals surface area contributed by atoms with Crippen LogP contribution in [0.25, 0.3) is 11.0 Å². The Morgan fingerprint density at radius 1 is 1.29 bits per heavy atom. The molecular formula is C8H5Cl2N3O. The lowest BCUT2D eigenvalue weighted by Gasteiger charge is -2.00. The van der Waals surface area contributed by atoms with Crippen molar-refractivity contribution in [2.75, 3.05) is 5.73 Å². The van der Waals surface area contributed by atoms with E-state index in [1.54, 1.807) is 6.07 Å². The van der Waals surface area contributed by atoms with Crippen molar-refractivity contribution in [2.45, 2.75) is 0 Å². The zero-order valence-corrected chi connectivity index (χ0v) is 8.36. The fourth-order valence-electron chi connectivity index (χ4n) is 1.10. The van der Waals surface area contributed by atoms with Crippen LogP contribution in [-0.4, -0.2) is 9.97 Å². The van der Waals surface area contributed by atoms with Crippen LogP contribution in [0.4, 0.5) is 5.82 Å². The van der Waals surface area contributed by atoms with Gasteiger partial charge >= 0.3 is 0 Å². The number of nitrogen functional groups attached to an aromatic ring is 1. The number of fused-ring (bicyclic) bond motifs is 1. The lowest BCUT2D eigenvalue weighted by atomic mass is 10.3. The highest BCUT2D eigenvalue weighted by atomic mass is 35.5. The topological polar surface area (TPSA) is 71.8 Å². The van der Waals surface area contributed by atoms with Gasteiger partial charge in [0.25, 0.3) is 5.56 Å². The Hall–Kier alpha value is -1.26. The fourth-order valence-corrected chi connectivity index (χ4v) is 1.42. The molecule has 1 heterocycles. The van der Waals surface area contributed by atoms with Gasteiger partial charge in [0.1, 0.15) is 0 Å². The molecule has 0 amide bonds. The molecule has 0 atom stereocenters. The van der Waals surface area contributed by atoms with Gasteiger partial charge in [0.15, 0.2) is 5.82 Å². The second-order valence-corrected chi connectivity index (χ2v) is 3.55. The predicted molar refractivity (Wildman–Crippen MR) is 56.8 cm³/mol. The molecule has 0 aliphatic heterocycles. The number of nitrogens with two attached hydrogens (primary N) is 1. The van der Waals surface area contributed by atoms with Gasteiger partial charge in [0.2, 0.25) is 0 Å². The number of nitrogens with one attached hydrogen (secondary N) is 1. The third-order valence-corrected chi connectivity index (χ3v) is 2.48. The van der Waals surface area contributed by atoms with Crippen LogP contribution in [0.2, 0.25) is 10.0 Å². The van der Waals surface area contributed by atoms with Gasteiger partial charge in [-0.05, 0) is 12.1 Å². The third-order valence-electron chi connectivity index (χ3n) is 1.76. The van der Waals surface area contributed by atoms with Crippen LogP contribution in [0.5, 0.6) is 0 Å². The molecule has 0 saturated carbocycles. The summed E-state index contributed by atoms with van der Waals surface area (Å²) in [6.07, 6.45) is 0. The average molecular weight is 230 g/mol. The Morgan fingerprint density at radius 3 is 2.64 bits per heavy atom. The zero-order valence-electron chi connectivity index (χ0n) is 6.84. The quantitative estimate of drug-likeness (QED) is 0.724. The number of halogens is 2. The number of nitrogens with zero attached hydrogens (tertiary/aromatic N) is 1. The molecule has 0 saturated heterocycles. The SMILES string of the molecule is Nc1nc2cc(Cl)c(Cl)cc2[nH]c1=O. The smallest absolute Gasteiger partial charge is 0.290 e. The van der Waals surface area contributed by atoms with Crippen molar-refractivity contribution in [2.24, 2.45) is 0 Å². The standard InChI is InChI=1S/C8H5Cl2N3O/c9-3-1-5-6(2-4(3)10)13-8(14)7(11)12-5/h1-2H,(H2,11,12)(H,13,14). The minimum atomic E-state index is -0.434. The van der Waals surface area contributed by atoms with Crippen molar-refractivity contribution < 1.29 is 0 Å². The summed E-state index contributed by atoms with van der Waals surface area (Å²) in [5.74, 6) is -0.0871. The number of H-pyrrole nitrogens is 1. The molecule has 0 bridgehead atoms. The monoisotopic (exact) mass is 229 g/mol. The first-order valence-corrected chi connectivity index (χ1v) is 4.48. The molecule has 1 aromatic carbocycles. The molecule has 1 aromatic heterocycles. The van der Waals surface area contributed by atoms with Crippen molar-refractivity contribution in [1.29, 1.82) is 0 Å². The maximum Gasteiger partial charge on any atom is 0.290 e. The molecular weight excluding hydrogens is 225 g/mol. The number of aromatic nitrogens is 2. The highest BCUT2D eigenvalue weighted by molar-refractivity contribution is 6.42. The maximum atomic E-state index is 11.1. The van der Waals surface area contributed by atoms with E-state index in [0.29, 0.717) is 21.1 Å². The van der Waals surface area contributed by atoms with Crippen molar-refractivity contribution in [3.05, 3.63) is 32.5 Å². The predicted octanol–water partition coefficient (Wildman–Crippen LogP) is 1.81. The normalized spacial score (nSPS) is 10.7. The molecule has 3 N–H and O–H groups in total. The maximum absolute atomic E-state index is 11.1. The summed E-state index contributed by atoms with van der Waals surface area (Å²) < 4.78 is 0. The van der Waals surface area contributed by atoms with Crippen LogP contribution in [0, 0.1) is 0 Å². The Morgan fingerprint density at radius 2 is 1.93 bits per heavy atom. The van der Waals surface area contributed by atoms with Crippen molar-refractivity contribution in [1.82, 2.24) is 9.97 Å². The van der Waals surface area contributed by atoms with Crippen LogP contribution in [0.3, 0.4) is 0 Å². The van der Waals surface area contributed by atoms with Gasteiger partial charge in [-0.3, -0.25) is 4.79 Å². The lowest BCUT2D eigenvalue weighted by Crippen LogP contribution is -2.13. The molecule has 6 heteroatoms. The van der Waals surface area contributed by atoms with Gasteiger partial charge in [0, 0.05) is 0 Å². The van der Waals surface area contributed by atoms with Gasteiger partial charge in [-0.25, -0.2) is 4.98 Å². The Labute approximate surface area is 88.7 Å². The number of hydrogen-bond acceptors (Lipinski definition) is 3. The molecule has 0 radical (unpaired) electrons. The van der Waals surface area contributed by atoms with E-state index in [9.17, 15) is 4.79 Å². The van der Waals surface area contributed by atoms with Crippen molar-refractivity contribution >= 4 is 40.1 Å². The summed E-state index contributed by atoms with van der Waals surface area (Å²) >= 11 is 11.5. The van der Waals surface area contributed by atoms with Gasteiger partial charge in [-0.1, -0.05) is 23.2 Å². The highest BCUT2D eigenvalue weighted by Crippen LogP contribution is 2.25. The van der Waals surface area contributed by atoms with Crippen molar-refractivity contribution in [3.63, 3.8) is 0 Å². The van der Waals surface area contributed by atoms with Gasteiger partial charge < -0.3 is 10.7 Å². The summed E-state index contributed by atoms with van der Waals surface area (Å²) in [5, 5.41) is 0.736. The molecule has 2 aromatic rings. The molecule has 4 nitrogen and oxygen atoms in total. The number of anilines is 1. The van der Waals surface area contributed by atoms with E-state index in [0.717, 1.165) is 0 Å². The number of rotatable bonds is 0. The third kappa shape index (κ3) is 1.42. The lowest BCUT2D eigenvalue weighted by molar-refractivity contribution is 1.23. The number of aromatic amines is 1.